The number of amides is 2. The first-order valence-electron chi connectivity index (χ1n) is 13.2. The molecule has 0 heterocycles. The number of unbranched alkanes of at least 4 members (excludes halogenated alkanes) is 3. The third kappa shape index (κ3) is 22.0. The number of nitrogens with one attached hydrogen (secondary N) is 1. The van der Waals surface area contributed by atoms with E-state index >= 15 is 0 Å². The van der Waals surface area contributed by atoms with Gasteiger partial charge in [0.2, 0.25) is 11.8 Å². The summed E-state index contributed by atoms with van der Waals surface area (Å²) in [5.41, 5.74) is 17.2. The Kier molecular flexibility index (Phi) is 23.0. The molecule has 3 unspecified atom stereocenters. The lowest BCUT2D eigenvalue weighted by Gasteiger charge is -2.19. The lowest BCUT2D eigenvalue weighted by Crippen LogP contribution is -2.46. The summed E-state index contributed by atoms with van der Waals surface area (Å²) in [6, 6.07) is 10.6. The molecule has 37 heavy (non-hydrogen) atoms. The number of nitrogens with zero attached hydrogens (tertiary/aromatic N) is 2. The zero-order valence-corrected chi connectivity index (χ0v) is 23.9. The number of aldehydes is 1. The molecule has 0 saturated heterocycles. The molecule has 0 spiro atoms. The van der Waals surface area contributed by atoms with Crippen molar-refractivity contribution in [3.8, 4) is 0 Å². The van der Waals surface area contributed by atoms with Crippen molar-refractivity contribution < 1.29 is 14.4 Å². The molecule has 0 aliphatic carbocycles. The SMILES string of the molecule is CC(Cc1ccccc1)N(C)C.CC=O.CCCCCCC(C)C(=O)NC(CCCN=C(N)N)C(N)=O. The number of carbonyl (C=O) groups excluding carboxylic acids is 3. The van der Waals surface area contributed by atoms with Crippen molar-refractivity contribution in [2.75, 3.05) is 20.6 Å². The van der Waals surface area contributed by atoms with E-state index in [9.17, 15) is 9.59 Å². The molecule has 0 aromatic heterocycles. The molecular weight excluding hydrogens is 468 g/mol. The Morgan fingerprint density at radius 3 is 2.08 bits per heavy atom. The molecule has 0 aliphatic rings. The lowest BCUT2D eigenvalue weighted by atomic mass is 10.0. The van der Waals surface area contributed by atoms with E-state index in [1.165, 1.54) is 25.3 Å². The van der Waals surface area contributed by atoms with E-state index < -0.39 is 11.9 Å². The second-order valence-electron chi connectivity index (χ2n) is 9.40. The minimum absolute atomic E-state index is 0.0142. The van der Waals surface area contributed by atoms with E-state index in [4.69, 9.17) is 22.0 Å². The molecule has 1 rings (SSSR count). The van der Waals surface area contributed by atoms with Gasteiger partial charge in [-0.05, 0) is 59.2 Å². The predicted octanol–water partition coefficient (Wildman–Crippen LogP) is 3.00. The quantitative estimate of drug-likeness (QED) is 0.120. The van der Waals surface area contributed by atoms with E-state index in [1.54, 1.807) is 0 Å². The van der Waals surface area contributed by atoms with E-state index in [-0.39, 0.29) is 17.8 Å². The fraction of sp³-hybridized carbons (Fsp3) is 0.643. The van der Waals surface area contributed by atoms with Crippen molar-refractivity contribution in [1.82, 2.24) is 10.2 Å². The molecule has 9 heteroatoms. The maximum Gasteiger partial charge on any atom is 0.240 e. The molecule has 212 valence electrons. The van der Waals surface area contributed by atoms with Crippen LogP contribution < -0.4 is 22.5 Å². The van der Waals surface area contributed by atoms with Crippen molar-refractivity contribution >= 4 is 24.1 Å². The van der Waals surface area contributed by atoms with E-state index in [2.05, 4.69) is 73.5 Å². The molecule has 0 fully saturated rings. The highest BCUT2D eigenvalue weighted by Gasteiger charge is 2.20. The highest BCUT2D eigenvalue weighted by Crippen LogP contribution is 2.11. The molecule has 0 radical (unpaired) electrons. The molecule has 0 bridgehead atoms. The predicted molar refractivity (Wildman–Crippen MR) is 154 cm³/mol. The minimum atomic E-state index is -0.667. The lowest BCUT2D eigenvalue weighted by molar-refractivity contribution is -0.129. The molecule has 7 N–H and O–H groups in total. The fourth-order valence-electron chi connectivity index (χ4n) is 3.25. The first-order chi connectivity index (χ1) is 17.5. The summed E-state index contributed by atoms with van der Waals surface area (Å²) in [4.78, 5) is 38.4. The topological polar surface area (TPSA) is 157 Å². The third-order valence-corrected chi connectivity index (χ3v) is 5.80. The summed E-state index contributed by atoms with van der Waals surface area (Å²) in [5, 5.41) is 2.72. The van der Waals surface area contributed by atoms with Gasteiger partial charge < -0.3 is 32.2 Å². The zero-order valence-electron chi connectivity index (χ0n) is 23.9. The number of nitrogens with two attached hydrogens (primary N) is 3. The van der Waals surface area contributed by atoms with Crippen molar-refractivity contribution in [3.63, 3.8) is 0 Å². The number of primary amides is 1. The van der Waals surface area contributed by atoms with Gasteiger partial charge >= 0.3 is 0 Å². The van der Waals surface area contributed by atoms with Crippen LogP contribution >= 0.6 is 0 Å². The minimum Gasteiger partial charge on any atom is -0.370 e. The summed E-state index contributed by atoms with van der Waals surface area (Å²) in [5.74, 6) is -0.754. The fourth-order valence-corrected chi connectivity index (χ4v) is 3.25. The van der Waals surface area contributed by atoms with Gasteiger partial charge in [0, 0.05) is 18.5 Å². The Labute approximate surface area is 224 Å². The van der Waals surface area contributed by atoms with E-state index in [1.807, 2.05) is 6.92 Å². The van der Waals surface area contributed by atoms with Crippen LogP contribution in [0, 0.1) is 5.92 Å². The highest BCUT2D eigenvalue weighted by atomic mass is 16.2. The van der Waals surface area contributed by atoms with Crippen LogP contribution in [-0.4, -0.2) is 61.7 Å². The van der Waals surface area contributed by atoms with Gasteiger partial charge in [-0.15, -0.1) is 0 Å². The van der Waals surface area contributed by atoms with Gasteiger partial charge in [0.15, 0.2) is 5.96 Å². The van der Waals surface area contributed by atoms with Crippen LogP contribution in [0.5, 0.6) is 0 Å². The van der Waals surface area contributed by atoms with Gasteiger partial charge in [0.25, 0.3) is 0 Å². The Morgan fingerprint density at radius 1 is 1.00 bits per heavy atom. The van der Waals surface area contributed by atoms with Crippen LogP contribution in [-0.2, 0) is 20.8 Å². The molecule has 1 aromatic carbocycles. The van der Waals surface area contributed by atoms with E-state index in [0.717, 1.165) is 32.0 Å². The molecule has 0 saturated carbocycles. The molecule has 2 amide bonds. The number of rotatable bonds is 15. The number of likely N-dealkylation sites (N-methyl/N-ethyl adjacent to an activating group) is 1. The molecule has 1 aromatic rings. The van der Waals surface area contributed by atoms with Gasteiger partial charge in [0.05, 0.1) is 0 Å². The Bertz CT molecular complexity index is 752. The zero-order chi connectivity index (χ0) is 28.6. The molecule has 9 nitrogen and oxygen atoms in total. The highest BCUT2D eigenvalue weighted by molar-refractivity contribution is 5.87. The Hall–Kier alpha value is -2.94. The second kappa shape index (κ2) is 23.5. The summed E-state index contributed by atoms with van der Waals surface area (Å²) in [6.07, 6.45) is 8.22. The Morgan fingerprint density at radius 2 is 1.59 bits per heavy atom. The number of benzene rings is 1. The van der Waals surface area contributed by atoms with E-state index in [0.29, 0.717) is 25.4 Å². The van der Waals surface area contributed by atoms with Crippen LogP contribution in [0.15, 0.2) is 35.3 Å². The Balaban J connectivity index is 0. The van der Waals surface area contributed by atoms with Gasteiger partial charge in [-0.2, -0.15) is 0 Å². The number of hydrogen-bond acceptors (Lipinski definition) is 5. The van der Waals surface area contributed by atoms with Gasteiger partial charge in [-0.25, -0.2) is 0 Å². The normalized spacial score (nSPS) is 12.5. The summed E-state index contributed by atoms with van der Waals surface area (Å²) in [6.45, 7) is 8.12. The number of aliphatic imine (C=N–C) groups is 1. The van der Waals surface area contributed by atoms with Crippen molar-refractivity contribution in [1.29, 1.82) is 0 Å². The van der Waals surface area contributed by atoms with Crippen LogP contribution in [0.3, 0.4) is 0 Å². The molecule has 3 atom stereocenters. The monoisotopic (exact) mass is 520 g/mol. The van der Waals surface area contributed by atoms with Crippen molar-refractivity contribution in [2.24, 2.45) is 28.1 Å². The van der Waals surface area contributed by atoms with Crippen molar-refractivity contribution in [3.05, 3.63) is 35.9 Å². The van der Waals surface area contributed by atoms with Gasteiger partial charge in [-0.1, -0.05) is 69.9 Å². The molecule has 0 aliphatic heterocycles. The van der Waals surface area contributed by atoms with Crippen LogP contribution in [0.25, 0.3) is 0 Å². The number of carbonyl (C=O) groups is 3. The number of hydrogen-bond donors (Lipinski definition) is 4. The first kappa shape index (κ1) is 36.2. The van der Waals surface area contributed by atoms with Crippen molar-refractivity contribution in [2.45, 2.75) is 91.1 Å². The second-order valence-corrected chi connectivity index (χ2v) is 9.40. The van der Waals surface area contributed by atoms with Crippen LogP contribution in [0.2, 0.25) is 0 Å². The molecular formula is C28H52N6O3. The van der Waals surface area contributed by atoms with Gasteiger partial charge in [-0.3, -0.25) is 14.6 Å². The maximum absolute atomic E-state index is 12.1. The maximum atomic E-state index is 12.1. The largest absolute Gasteiger partial charge is 0.370 e. The van der Waals surface area contributed by atoms with Gasteiger partial charge in [0.1, 0.15) is 12.3 Å². The smallest absolute Gasteiger partial charge is 0.240 e. The average molecular weight is 521 g/mol. The third-order valence-electron chi connectivity index (χ3n) is 5.80. The first-order valence-corrected chi connectivity index (χ1v) is 13.2. The standard InChI is InChI=1S/C15H31N5O2.C11H17N.C2H4O/c1-3-4-5-6-8-11(2)14(22)20-12(13(16)21)9-7-10-19-15(17)18;1-10(12(2)3)9-11-7-5-4-6-8-11;1-2-3/h11-12H,3-10H2,1-2H3,(H2,16,21)(H,20,22)(H4,17,18,19);4-8,10H,9H2,1-3H3;2H,1H3. The summed E-state index contributed by atoms with van der Waals surface area (Å²) < 4.78 is 0. The summed E-state index contributed by atoms with van der Waals surface area (Å²) >= 11 is 0. The summed E-state index contributed by atoms with van der Waals surface area (Å²) in [7, 11) is 4.24. The van der Waals surface area contributed by atoms with Crippen LogP contribution in [0.4, 0.5) is 0 Å². The number of guanidine groups is 1. The van der Waals surface area contributed by atoms with Crippen LogP contribution in [0.1, 0.15) is 78.2 Å². The average Bonchev–Trinajstić information content (AvgIpc) is 2.84.